The highest BCUT2D eigenvalue weighted by Crippen LogP contribution is 2.39. The summed E-state index contributed by atoms with van der Waals surface area (Å²) < 4.78 is 10.5. The quantitative estimate of drug-likeness (QED) is 0.825. The smallest absolute Gasteiger partial charge is 0.329 e. The highest BCUT2D eigenvalue weighted by Gasteiger charge is 2.49. The molecule has 1 unspecified atom stereocenters. The van der Waals surface area contributed by atoms with Crippen LogP contribution in [0.3, 0.4) is 0 Å². The number of ether oxygens (including phenoxy) is 2. The van der Waals surface area contributed by atoms with Crippen molar-refractivity contribution in [1.82, 2.24) is 0 Å². The maximum Gasteiger partial charge on any atom is 0.329 e. The van der Waals surface area contributed by atoms with E-state index in [-0.39, 0.29) is 18.5 Å². The summed E-state index contributed by atoms with van der Waals surface area (Å²) in [6.45, 7) is 4.23. The summed E-state index contributed by atoms with van der Waals surface area (Å²) in [6, 6.07) is 5.85. The minimum absolute atomic E-state index is 0.160. The van der Waals surface area contributed by atoms with E-state index in [9.17, 15) is 4.79 Å². The van der Waals surface area contributed by atoms with Crippen molar-refractivity contribution >= 4 is 5.97 Å². The molecule has 0 amide bonds. The van der Waals surface area contributed by atoms with E-state index in [4.69, 9.17) is 15.2 Å². The highest BCUT2D eigenvalue weighted by molar-refractivity contribution is 5.81. The third-order valence-corrected chi connectivity index (χ3v) is 3.83. The van der Waals surface area contributed by atoms with Gasteiger partial charge in [-0.2, -0.15) is 0 Å². The van der Waals surface area contributed by atoms with Crippen LogP contribution in [-0.4, -0.2) is 25.2 Å². The number of hydrogen-bond acceptors (Lipinski definition) is 4. The van der Waals surface area contributed by atoms with E-state index in [0.29, 0.717) is 0 Å². The molecule has 0 bridgehead atoms. The van der Waals surface area contributed by atoms with Gasteiger partial charge < -0.3 is 15.2 Å². The average Bonchev–Trinajstić information content (AvgIpc) is 3.23. The van der Waals surface area contributed by atoms with Gasteiger partial charge in [0, 0.05) is 0 Å². The summed E-state index contributed by atoms with van der Waals surface area (Å²) in [6.07, 6.45) is 1.92. The van der Waals surface area contributed by atoms with Crippen molar-refractivity contribution in [3.8, 4) is 5.75 Å². The van der Waals surface area contributed by atoms with Gasteiger partial charge in [0.2, 0.25) is 0 Å². The lowest BCUT2D eigenvalue weighted by Gasteiger charge is -2.26. The number of carbonyl (C=O) groups excluding carboxylic acids is 1. The Labute approximate surface area is 113 Å². The van der Waals surface area contributed by atoms with Crippen molar-refractivity contribution in [2.75, 3.05) is 13.7 Å². The van der Waals surface area contributed by atoms with Crippen LogP contribution >= 0.6 is 0 Å². The van der Waals surface area contributed by atoms with Gasteiger partial charge in [0.05, 0.1) is 7.11 Å². The predicted molar refractivity (Wildman–Crippen MR) is 73.1 cm³/mol. The van der Waals surface area contributed by atoms with Crippen molar-refractivity contribution < 1.29 is 14.3 Å². The number of esters is 1. The van der Waals surface area contributed by atoms with Crippen LogP contribution in [0.25, 0.3) is 0 Å². The molecule has 1 aromatic carbocycles. The van der Waals surface area contributed by atoms with Crippen LogP contribution in [0.4, 0.5) is 0 Å². The van der Waals surface area contributed by atoms with E-state index < -0.39 is 5.54 Å². The van der Waals surface area contributed by atoms with Crippen molar-refractivity contribution in [3.63, 3.8) is 0 Å². The first-order valence-corrected chi connectivity index (χ1v) is 6.54. The van der Waals surface area contributed by atoms with Crippen molar-refractivity contribution in [1.29, 1.82) is 0 Å². The summed E-state index contributed by atoms with van der Waals surface area (Å²) in [7, 11) is 1.36. The molecule has 4 nitrogen and oxygen atoms in total. The van der Waals surface area contributed by atoms with Crippen LogP contribution in [0.5, 0.6) is 5.75 Å². The van der Waals surface area contributed by atoms with E-state index >= 15 is 0 Å². The van der Waals surface area contributed by atoms with E-state index in [1.54, 1.807) is 0 Å². The lowest BCUT2D eigenvalue weighted by Crippen LogP contribution is -2.55. The van der Waals surface area contributed by atoms with Crippen LogP contribution in [0.1, 0.15) is 24.0 Å². The molecule has 1 atom stereocenters. The van der Waals surface area contributed by atoms with Gasteiger partial charge >= 0.3 is 5.97 Å². The van der Waals surface area contributed by atoms with Gasteiger partial charge in [-0.1, -0.05) is 6.07 Å². The standard InChI is InChI=1S/C15H21NO3/c1-10-4-7-13(8-11(10)2)19-9-15(16,12-5-6-12)14(17)18-3/h4,7-8,12H,5-6,9,16H2,1-3H3. The Morgan fingerprint density at radius 2 is 2.05 bits per heavy atom. The number of methoxy groups -OCH3 is 1. The van der Waals surface area contributed by atoms with Gasteiger partial charge in [-0.25, -0.2) is 4.79 Å². The summed E-state index contributed by atoms with van der Waals surface area (Å²) in [5, 5.41) is 0. The van der Waals surface area contributed by atoms with Gasteiger partial charge in [-0.15, -0.1) is 0 Å². The zero-order valence-corrected chi connectivity index (χ0v) is 11.7. The molecule has 104 valence electrons. The Morgan fingerprint density at radius 1 is 1.37 bits per heavy atom. The Kier molecular flexibility index (Phi) is 3.80. The van der Waals surface area contributed by atoms with Crippen molar-refractivity contribution in [3.05, 3.63) is 29.3 Å². The molecule has 1 saturated carbocycles. The molecular weight excluding hydrogens is 242 g/mol. The largest absolute Gasteiger partial charge is 0.491 e. The molecule has 2 N–H and O–H groups in total. The molecule has 1 aromatic rings. The Hall–Kier alpha value is -1.55. The second-order valence-electron chi connectivity index (χ2n) is 5.34. The van der Waals surface area contributed by atoms with Crippen molar-refractivity contribution in [2.24, 2.45) is 11.7 Å². The number of carbonyl (C=O) groups is 1. The van der Waals surface area contributed by atoms with E-state index in [1.807, 2.05) is 32.0 Å². The average molecular weight is 263 g/mol. The molecule has 0 aromatic heterocycles. The molecular formula is C15H21NO3. The minimum atomic E-state index is -1.02. The molecule has 4 heteroatoms. The maximum absolute atomic E-state index is 11.8. The molecule has 1 aliphatic carbocycles. The van der Waals surface area contributed by atoms with Gasteiger partial charge in [0.15, 0.2) is 5.54 Å². The molecule has 0 aliphatic heterocycles. The van der Waals surface area contributed by atoms with Crippen LogP contribution in [0.15, 0.2) is 18.2 Å². The Balaban J connectivity index is 2.06. The summed E-state index contributed by atoms with van der Waals surface area (Å²) in [5.41, 5.74) is 7.52. The third kappa shape index (κ3) is 2.89. The fourth-order valence-electron chi connectivity index (χ4n) is 2.14. The van der Waals surface area contributed by atoms with Gasteiger partial charge in [-0.05, 0) is 55.9 Å². The lowest BCUT2D eigenvalue weighted by atomic mass is 9.96. The van der Waals surface area contributed by atoms with Crippen LogP contribution in [-0.2, 0) is 9.53 Å². The maximum atomic E-state index is 11.8. The number of aryl methyl sites for hydroxylation is 2. The molecule has 0 heterocycles. The first kappa shape index (κ1) is 13.9. The summed E-state index contributed by atoms with van der Waals surface area (Å²) in [5.74, 6) is 0.521. The van der Waals surface area contributed by atoms with Crippen LogP contribution < -0.4 is 10.5 Å². The van der Waals surface area contributed by atoms with Gasteiger partial charge in [-0.3, -0.25) is 0 Å². The van der Waals surface area contributed by atoms with Gasteiger partial charge in [0.1, 0.15) is 12.4 Å². The molecule has 0 spiro atoms. The molecule has 0 saturated heterocycles. The normalized spacial score (nSPS) is 17.7. The third-order valence-electron chi connectivity index (χ3n) is 3.83. The number of hydrogen-bond donors (Lipinski definition) is 1. The second kappa shape index (κ2) is 5.21. The number of benzene rings is 1. The van der Waals surface area contributed by atoms with E-state index in [2.05, 4.69) is 0 Å². The molecule has 0 radical (unpaired) electrons. The molecule has 19 heavy (non-hydrogen) atoms. The summed E-state index contributed by atoms with van der Waals surface area (Å²) >= 11 is 0. The van der Waals surface area contributed by atoms with Crippen molar-refractivity contribution in [2.45, 2.75) is 32.2 Å². The van der Waals surface area contributed by atoms with Crippen LogP contribution in [0, 0.1) is 19.8 Å². The SMILES string of the molecule is COC(=O)C(N)(COc1ccc(C)c(C)c1)C1CC1. The Morgan fingerprint density at radius 3 is 2.58 bits per heavy atom. The number of nitrogens with two attached hydrogens (primary N) is 1. The topological polar surface area (TPSA) is 61.5 Å². The van der Waals surface area contributed by atoms with E-state index in [1.165, 1.54) is 12.7 Å². The molecule has 1 aliphatic rings. The zero-order chi connectivity index (χ0) is 14.0. The Bertz CT molecular complexity index is 482. The second-order valence-corrected chi connectivity index (χ2v) is 5.34. The fraction of sp³-hybridized carbons (Fsp3) is 0.533. The lowest BCUT2D eigenvalue weighted by molar-refractivity contribution is -0.149. The molecule has 1 fully saturated rings. The number of rotatable bonds is 5. The zero-order valence-electron chi connectivity index (χ0n) is 11.7. The van der Waals surface area contributed by atoms with Crippen LogP contribution in [0.2, 0.25) is 0 Å². The molecule has 2 rings (SSSR count). The monoisotopic (exact) mass is 263 g/mol. The minimum Gasteiger partial charge on any atom is -0.491 e. The summed E-state index contributed by atoms with van der Waals surface area (Å²) in [4.78, 5) is 11.8. The first-order valence-electron chi connectivity index (χ1n) is 6.54. The fourth-order valence-corrected chi connectivity index (χ4v) is 2.14. The van der Waals surface area contributed by atoms with E-state index in [0.717, 1.165) is 24.2 Å². The van der Waals surface area contributed by atoms with Gasteiger partial charge in [0.25, 0.3) is 0 Å². The predicted octanol–water partition coefficient (Wildman–Crippen LogP) is 1.96. The first-order chi connectivity index (χ1) is 8.97. The highest BCUT2D eigenvalue weighted by atomic mass is 16.5.